The summed E-state index contributed by atoms with van der Waals surface area (Å²) in [7, 11) is -9.83. The number of nitrogens with one attached hydrogen (secondary N) is 6. The molecule has 0 aliphatic heterocycles. The second-order valence-corrected chi connectivity index (χ2v) is 16.3. The van der Waals surface area contributed by atoms with E-state index in [0.717, 1.165) is 0 Å². The molecule has 8 rings (SSSR count). The fraction of sp³-hybridized carbons (Fsp3) is 0. The van der Waals surface area contributed by atoms with Gasteiger partial charge in [0.05, 0.1) is 11.4 Å². The molecule has 0 spiro atoms. The second-order valence-electron chi connectivity index (χ2n) is 13.6. The van der Waals surface area contributed by atoms with E-state index in [4.69, 9.17) is 0 Å². The molecule has 0 saturated carbocycles. The molecule has 0 saturated heterocycles. The van der Waals surface area contributed by atoms with Crippen LogP contribution in [0.1, 0.15) is 11.1 Å². The zero-order valence-electron chi connectivity index (χ0n) is 33.2. The molecule has 0 aliphatic rings. The first-order chi connectivity index (χ1) is 30.9. The summed E-state index contributed by atoms with van der Waals surface area (Å²) in [5, 5.41) is 18.6. The fourth-order valence-corrected chi connectivity index (χ4v) is 7.73. The van der Waals surface area contributed by atoms with Crippen LogP contribution in [0.25, 0.3) is 12.2 Å². The van der Waals surface area contributed by atoms with Crippen molar-refractivity contribution in [2.24, 2.45) is 0 Å². The van der Waals surface area contributed by atoms with Gasteiger partial charge in [-0.3, -0.25) is 9.11 Å². The van der Waals surface area contributed by atoms with Gasteiger partial charge in [0.1, 0.15) is 9.79 Å². The van der Waals surface area contributed by atoms with E-state index in [1.54, 1.807) is 24.3 Å². The van der Waals surface area contributed by atoms with E-state index in [1.807, 2.05) is 97.1 Å². The summed E-state index contributed by atoms with van der Waals surface area (Å²) in [6, 6.07) is 44.9. The number of aromatic nitrogens is 6. The van der Waals surface area contributed by atoms with Crippen LogP contribution in [0.5, 0.6) is 0 Å². The number of anilines is 12. The van der Waals surface area contributed by atoms with Crippen LogP contribution < -0.4 is 31.9 Å². The van der Waals surface area contributed by atoms with Gasteiger partial charge in [0.25, 0.3) is 20.2 Å². The van der Waals surface area contributed by atoms with Crippen LogP contribution in [0.15, 0.2) is 168 Å². The van der Waals surface area contributed by atoms with Crippen LogP contribution in [-0.2, 0) is 20.2 Å². The molecule has 64 heavy (non-hydrogen) atoms. The molecule has 0 amide bonds. The Hall–Kier alpha value is -8.30. The van der Waals surface area contributed by atoms with Crippen LogP contribution >= 0.6 is 0 Å². The molecule has 0 atom stereocenters. The lowest BCUT2D eigenvalue weighted by Crippen LogP contribution is -2.13. The van der Waals surface area contributed by atoms with E-state index >= 15 is 0 Å². The normalized spacial score (nSPS) is 11.5. The third kappa shape index (κ3) is 11.0. The van der Waals surface area contributed by atoms with Gasteiger partial charge in [-0.2, -0.15) is 46.7 Å². The highest BCUT2D eigenvalue weighted by atomic mass is 32.2. The standard InChI is InChI=1S/C44H36N12O6S2/c57-63(58,59)36-24-14-13-15-29(36)25-26-30-27-28-35(49-43-53-39(45-31-16-5-1-6-17-31)51-40(54-43)46-32-18-7-2-8-19-32)37(38(30)64(60,61)62)50-44-55-41(47-33-20-9-3-10-21-33)52-42(56-44)48-34-22-11-4-12-23-34/h1-28H,(H,57,58,59)(H,60,61,62)(H3,45,46,49,51,53,54)(H3,47,48,50,52,55,56). The van der Waals surface area contributed by atoms with Crippen molar-refractivity contribution in [2.45, 2.75) is 9.79 Å². The minimum Gasteiger partial charge on any atom is -0.324 e. The Morgan fingerprint density at radius 3 is 1.09 bits per heavy atom. The molecule has 20 heteroatoms. The molecule has 0 aliphatic carbocycles. The molecule has 0 bridgehead atoms. The zero-order valence-corrected chi connectivity index (χ0v) is 34.8. The summed E-state index contributed by atoms with van der Waals surface area (Å²) in [5.41, 5.74) is 2.29. The highest BCUT2D eigenvalue weighted by Crippen LogP contribution is 2.38. The van der Waals surface area contributed by atoms with Crippen molar-refractivity contribution < 1.29 is 25.9 Å². The summed E-state index contributed by atoms with van der Waals surface area (Å²) < 4.78 is 72.6. The van der Waals surface area contributed by atoms with E-state index in [1.165, 1.54) is 48.6 Å². The van der Waals surface area contributed by atoms with Crippen LogP contribution in [-0.4, -0.2) is 55.8 Å². The van der Waals surface area contributed by atoms with Crippen LogP contribution in [0.3, 0.4) is 0 Å². The molecule has 8 aromatic rings. The predicted octanol–water partition coefficient (Wildman–Crippen LogP) is 9.18. The molecular formula is C44H36N12O6S2. The first kappa shape index (κ1) is 42.4. The highest BCUT2D eigenvalue weighted by molar-refractivity contribution is 7.86. The predicted molar refractivity (Wildman–Crippen MR) is 247 cm³/mol. The lowest BCUT2D eigenvalue weighted by atomic mass is 10.1. The number of benzene rings is 6. The van der Waals surface area contributed by atoms with Crippen molar-refractivity contribution in [1.82, 2.24) is 29.9 Å². The molecule has 0 fully saturated rings. The maximum atomic E-state index is 13.6. The third-order valence-corrected chi connectivity index (χ3v) is 10.8. The average Bonchev–Trinajstić information content (AvgIpc) is 3.27. The van der Waals surface area contributed by atoms with Crippen LogP contribution in [0, 0.1) is 0 Å². The summed E-state index contributed by atoms with van der Waals surface area (Å²) >= 11 is 0. The van der Waals surface area contributed by atoms with Gasteiger partial charge in [-0.15, -0.1) is 0 Å². The van der Waals surface area contributed by atoms with E-state index in [9.17, 15) is 25.9 Å². The topological polar surface area (TPSA) is 258 Å². The maximum Gasteiger partial charge on any atom is 0.297 e. The van der Waals surface area contributed by atoms with E-state index in [-0.39, 0.29) is 58.2 Å². The SMILES string of the molecule is O=S(=O)(O)c1ccccc1C=Cc1ccc(Nc2nc(Nc3ccccc3)nc(Nc3ccccc3)n2)c(Nc2nc(Nc3ccccc3)nc(Nc3ccccc3)n2)c1S(=O)(=O)O. The number of para-hydroxylation sites is 4. The summed E-state index contributed by atoms with van der Waals surface area (Å²) in [4.78, 5) is 26.3. The lowest BCUT2D eigenvalue weighted by molar-refractivity contribution is 0.481. The number of hydrogen-bond acceptors (Lipinski definition) is 16. The largest absolute Gasteiger partial charge is 0.324 e. The van der Waals surface area contributed by atoms with Crippen molar-refractivity contribution in [3.63, 3.8) is 0 Å². The maximum absolute atomic E-state index is 13.6. The molecule has 0 radical (unpaired) electrons. The summed E-state index contributed by atoms with van der Waals surface area (Å²) in [5.74, 6) is 0.132. The van der Waals surface area contributed by atoms with Gasteiger partial charge in [0.2, 0.25) is 35.7 Å². The molecule has 2 aromatic heterocycles. The Bertz CT molecular complexity index is 3050. The Kier molecular flexibility index (Phi) is 12.4. The van der Waals surface area contributed by atoms with Gasteiger partial charge in [-0.25, -0.2) is 0 Å². The summed E-state index contributed by atoms with van der Waals surface area (Å²) in [6.07, 6.45) is 2.55. The van der Waals surface area contributed by atoms with Gasteiger partial charge in [0, 0.05) is 22.7 Å². The van der Waals surface area contributed by atoms with Gasteiger partial charge < -0.3 is 31.9 Å². The minimum absolute atomic E-state index is 0.0150. The van der Waals surface area contributed by atoms with E-state index in [0.29, 0.717) is 22.7 Å². The quantitative estimate of drug-likeness (QED) is 0.0332. The molecule has 0 unspecified atom stereocenters. The van der Waals surface area contributed by atoms with E-state index in [2.05, 4.69) is 61.8 Å². The van der Waals surface area contributed by atoms with Crippen molar-refractivity contribution in [2.75, 3.05) is 31.9 Å². The Morgan fingerprint density at radius 2 is 0.703 bits per heavy atom. The molecule has 18 nitrogen and oxygen atoms in total. The lowest BCUT2D eigenvalue weighted by Gasteiger charge is -2.19. The van der Waals surface area contributed by atoms with Crippen molar-refractivity contribution in [1.29, 1.82) is 0 Å². The monoisotopic (exact) mass is 892 g/mol. The fourth-order valence-electron chi connectivity index (χ4n) is 6.19. The first-order valence-electron chi connectivity index (χ1n) is 19.2. The van der Waals surface area contributed by atoms with Gasteiger partial charge in [-0.1, -0.05) is 109 Å². The van der Waals surface area contributed by atoms with Crippen molar-refractivity contribution >= 4 is 102 Å². The third-order valence-electron chi connectivity index (χ3n) is 8.96. The Balaban J connectivity index is 1.28. The Morgan fingerprint density at radius 1 is 0.359 bits per heavy atom. The smallest absolute Gasteiger partial charge is 0.297 e. The van der Waals surface area contributed by atoms with Crippen LogP contribution in [0.4, 0.5) is 69.8 Å². The van der Waals surface area contributed by atoms with Gasteiger partial charge in [-0.05, 0) is 71.8 Å². The second kappa shape index (κ2) is 18.8. The molecule has 8 N–H and O–H groups in total. The van der Waals surface area contributed by atoms with Crippen molar-refractivity contribution in [3.05, 3.63) is 169 Å². The number of rotatable bonds is 16. The molecular weight excluding hydrogens is 857 g/mol. The first-order valence-corrected chi connectivity index (χ1v) is 22.0. The molecule has 2 heterocycles. The Labute approximate surface area is 367 Å². The van der Waals surface area contributed by atoms with Gasteiger partial charge >= 0.3 is 0 Å². The number of nitrogens with zero attached hydrogens (tertiary/aromatic N) is 6. The van der Waals surface area contributed by atoms with Gasteiger partial charge in [0.15, 0.2) is 0 Å². The number of hydrogen-bond donors (Lipinski definition) is 8. The molecule has 6 aromatic carbocycles. The average molecular weight is 893 g/mol. The summed E-state index contributed by atoms with van der Waals surface area (Å²) in [6.45, 7) is 0. The molecule has 320 valence electrons. The minimum atomic E-state index is -5.16. The van der Waals surface area contributed by atoms with Crippen LogP contribution in [0.2, 0.25) is 0 Å². The zero-order chi connectivity index (χ0) is 44.5. The van der Waals surface area contributed by atoms with E-state index < -0.39 is 30.0 Å². The highest BCUT2D eigenvalue weighted by Gasteiger charge is 2.26. The van der Waals surface area contributed by atoms with Crippen molar-refractivity contribution in [3.8, 4) is 0 Å².